The number of nitrogens with zero attached hydrogens (tertiary/aromatic N) is 3. The highest BCUT2D eigenvalue weighted by atomic mass is 16.5. The third-order valence-corrected chi connectivity index (χ3v) is 4.47. The zero-order valence-corrected chi connectivity index (χ0v) is 13.6. The Morgan fingerprint density at radius 3 is 3.00 bits per heavy atom. The van der Waals surface area contributed by atoms with Crippen LogP contribution < -0.4 is 4.74 Å². The molecule has 6 heteroatoms. The van der Waals surface area contributed by atoms with Crippen molar-refractivity contribution >= 4 is 0 Å². The average molecular weight is 333 g/mol. The summed E-state index contributed by atoms with van der Waals surface area (Å²) in [5.74, 6) is 1.32. The minimum absolute atomic E-state index is 0.338. The Kier molecular flexibility index (Phi) is 3.71. The van der Waals surface area contributed by atoms with Crippen LogP contribution in [0.2, 0.25) is 0 Å². The molecule has 0 saturated carbocycles. The molecule has 3 aromatic rings. The lowest BCUT2D eigenvalue weighted by Gasteiger charge is -2.05. The summed E-state index contributed by atoms with van der Waals surface area (Å²) in [4.78, 5) is 4.47. The maximum absolute atomic E-state index is 10.0. The number of hydrogen-bond acceptors (Lipinski definition) is 6. The Morgan fingerprint density at radius 1 is 1.32 bits per heavy atom. The fourth-order valence-corrected chi connectivity index (χ4v) is 3.22. The van der Waals surface area contributed by atoms with Gasteiger partial charge in [-0.05, 0) is 42.2 Å². The normalized spacial score (nSPS) is 15.6. The molecule has 1 aliphatic carbocycles. The second-order valence-electron chi connectivity index (χ2n) is 5.88. The number of fused-ring (bicyclic) bond motifs is 1. The molecule has 0 aliphatic heterocycles. The van der Waals surface area contributed by atoms with Crippen LogP contribution in [0.4, 0.5) is 0 Å². The molecule has 1 aromatic heterocycles. The van der Waals surface area contributed by atoms with E-state index in [0.717, 1.165) is 23.1 Å². The Labute approximate surface area is 144 Å². The smallest absolute Gasteiger partial charge is 0.258 e. The van der Waals surface area contributed by atoms with Gasteiger partial charge in [0.1, 0.15) is 11.8 Å². The second kappa shape index (κ2) is 6.04. The predicted octanol–water partition coefficient (Wildman–Crippen LogP) is 3.26. The van der Waals surface area contributed by atoms with Crippen molar-refractivity contribution in [3.05, 3.63) is 53.1 Å². The molecule has 1 N–H and O–H groups in total. The predicted molar refractivity (Wildman–Crippen MR) is 89.7 cm³/mol. The van der Waals surface area contributed by atoms with Crippen LogP contribution in [0.15, 0.2) is 40.9 Å². The molecule has 0 radical (unpaired) electrons. The van der Waals surface area contributed by atoms with E-state index in [0.29, 0.717) is 35.0 Å². The highest BCUT2D eigenvalue weighted by molar-refractivity contribution is 5.67. The zero-order chi connectivity index (χ0) is 17.4. The lowest BCUT2D eigenvalue weighted by Crippen LogP contribution is -1.92. The maximum Gasteiger partial charge on any atom is 0.258 e. The van der Waals surface area contributed by atoms with Gasteiger partial charge in [-0.1, -0.05) is 23.4 Å². The molecule has 124 valence electrons. The molecule has 6 nitrogen and oxygen atoms in total. The largest absolute Gasteiger partial charge is 0.495 e. The maximum atomic E-state index is 10.0. The van der Waals surface area contributed by atoms with Crippen LogP contribution in [0.5, 0.6) is 5.75 Å². The first kappa shape index (κ1) is 15.4. The Morgan fingerprint density at radius 2 is 2.20 bits per heavy atom. The van der Waals surface area contributed by atoms with Crippen LogP contribution in [0.25, 0.3) is 22.8 Å². The third-order valence-electron chi connectivity index (χ3n) is 4.47. The van der Waals surface area contributed by atoms with Crippen molar-refractivity contribution in [3.8, 4) is 34.7 Å². The highest BCUT2D eigenvalue weighted by Crippen LogP contribution is 2.37. The average Bonchev–Trinajstić information content (AvgIpc) is 3.28. The summed E-state index contributed by atoms with van der Waals surface area (Å²) in [7, 11) is 1.52. The molecule has 4 rings (SSSR count). The van der Waals surface area contributed by atoms with Crippen LogP contribution in [0.1, 0.15) is 29.2 Å². The van der Waals surface area contributed by atoms with Crippen molar-refractivity contribution in [1.82, 2.24) is 10.1 Å². The summed E-state index contributed by atoms with van der Waals surface area (Å²) < 4.78 is 10.5. The molecule has 1 heterocycles. The van der Waals surface area contributed by atoms with Gasteiger partial charge in [-0.2, -0.15) is 10.2 Å². The monoisotopic (exact) mass is 333 g/mol. The topological polar surface area (TPSA) is 92.2 Å². The minimum Gasteiger partial charge on any atom is -0.495 e. The standard InChI is InChI=1S/C19H15N3O3/c1-24-17-8-5-11(9-12(17)10-20)19-21-18(22-25-19)15-4-2-3-14-13(15)6-7-16(14)23/h2-5,8-9,16,23H,6-7H2,1H3/t16-/m0/s1. The molecule has 0 amide bonds. The summed E-state index contributed by atoms with van der Waals surface area (Å²) in [5, 5.41) is 23.3. The Hall–Kier alpha value is -3.17. The molecule has 0 fully saturated rings. The van der Waals surface area contributed by atoms with E-state index in [9.17, 15) is 10.4 Å². The van der Waals surface area contributed by atoms with E-state index in [1.54, 1.807) is 18.2 Å². The highest BCUT2D eigenvalue weighted by Gasteiger charge is 2.25. The van der Waals surface area contributed by atoms with Gasteiger partial charge >= 0.3 is 0 Å². The summed E-state index contributed by atoms with van der Waals surface area (Å²) in [5.41, 5.74) is 3.93. The fourth-order valence-electron chi connectivity index (χ4n) is 3.22. The van der Waals surface area contributed by atoms with Crippen molar-refractivity contribution in [3.63, 3.8) is 0 Å². The summed E-state index contributed by atoms with van der Waals surface area (Å²) in [6, 6.07) is 13.0. The van der Waals surface area contributed by atoms with Gasteiger partial charge in [0.2, 0.25) is 5.82 Å². The van der Waals surface area contributed by atoms with Crippen LogP contribution in [0, 0.1) is 11.3 Å². The minimum atomic E-state index is -0.430. The number of rotatable bonds is 3. The first-order chi connectivity index (χ1) is 12.2. The number of benzene rings is 2. The number of ether oxygens (including phenoxy) is 1. The van der Waals surface area contributed by atoms with Crippen LogP contribution in [-0.2, 0) is 6.42 Å². The van der Waals surface area contributed by atoms with Gasteiger partial charge in [0.05, 0.1) is 18.8 Å². The van der Waals surface area contributed by atoms with E-state index in [1.807, 2.05) is 18.2 Å². The van der Waals surface area contributed by atoms with E-state index >= 15 is 0 Å². The molecular formula is C19H15N3O3. The van der Waals surface area contributed by atoms with Gasteiger partial charge in [-0.15, -0.1) is 0 Å². The second-order valence-corrected chi connectivity index (χ2v) is 5.88. The molecule has 0 bridgehead atoms. The van der Waals surface area contributed by atoms with Gasteiger partial charge in [-0.3, -0.25) is 0 Å². The van der Waals surface area contributed by atoms with E-state index in [2.05, 4.69) is 16.2 Å². The van der Waals surface area contributed by atoms with Gasteiger partial charge in [0.15, 0.2) is 0 Å². The summed E-state index contributed by atoms with van der Waals surface area (Å²) in [6.07, 6.45) is 1.07. The van der Waals surface area contributed by atoms with Gasteiger partial charge in [0.25, 0.3) is 5.89 Å². The molecule has 25 heavy (non-hydrogen) atoms. The van der Waals surface area contributed by atoms with Crippen molar-refractivity contribution in [2.75, 3.05) is 7.11 Å². The van der Waals surface area contributed by atoms with E-state index in [1.165, 1.54) is 7.11 Å². The number of aliphatic hydroxyl groups excluding tert-OH is 1. The number of aliphatic hydroxyl groups is 1. The summed E-state index contributed by atoms with van der Waals surface area (Å²) >= 11 is 0. The molecule has 1 atom stereocenters. The number of nitriles is 1. The molecule has 0 spiro atoms. The van der Waals surface area contributed by atoms with Crippen molar-refractivity contribution in [2.45, 2.75) is 18.9 Å². The molecule has 1 aliphatic rings. The van der Waals surface area contributed by atoms with Gasteiger partial charge in [0, 0.05) is 11.1 Å². The van der Waals surface area contributed by atoms with Crippen LogP contribution in [-0.4, -0.2) is 22.4 Å². The summed E-state index contributed by atoms with van der Waals surface area (Å²) in [6.45, 7) is 0. The molecule has 0 saturated heterocycles. The fraction of sp³-hybridized carbons (Fsp3) is 0.211. The third kappa shape index (κ3) is 2.55. The Balaban J connectivity index is 1.74. The van der Waals surface area contributed by atoms with Crippen LogP contribution >= 0.6 is 0 Å². The van der Waals surface area contributed by atoms with Crippen LogP contribution in [0.3, 0.4) is 0 Å². The first-order valence-corrected chi connectivity index (χ1v) is 7.93. The molecule has 2 aromatic carbocycles. The first-order valence-electron chi connectivity index (χ1n) is 7.93. The number of aromatic nitrogens is 2. The van der Waals surface area contributed by atoms with Gasteiger partial charge in [-0.25, -0.2) is 0 Å². The van der Waals surface area contributed by atoms with Crippen molar-refractivity contribution < 1.29 is 14.4 Å². The van der Waals surface area contributed by atoms with Gasteiger partial charge < -0.3 is 14.4 Å². The lowest BCUT2D eigenvalue weighted by atomic mass is 10.0. The number of methoxy groups -OCH3 is 1. The molecule has 0 unspecified atom stereocenters. The van der Waals surface area contributed by atoms with E-state index in [4.69, 9.17) is 9.26 Å². The van der Waals surface area contributed by atoms with Crippen molar-refractivity contribution in [1.29, 1.82) is 5.26 Å². The quantitative estimate of drug-likeness (QED) is 0.791. The lowest BCUT2D eigenvalue weighted by molar-refractivity contribution is 0.180. The Bertz CT molecular complexity index is 988. The SMILES string of the molecule is COc1ccc(-c2nc(-c3cccc4c3CC[C@@H]4O)no2)cc1C#N. The number of hydrogen-bond donors (Lipinski definition) is 1. The molecular weight excluding hydrogens is 318 g/mol. The van der Waals surface area contributed by atoms with Crippen molar-refractivity contribution in [2.24, 2.45) is 0 Å². The van der Waals surface area contributed by atoms with E-state index in [-0.39, 0.29) is 0 Å². The van der Waals surface area contributed by atoms with E-state index < -0.39 is 6.10 Å². The zero-order valence-electron chi connectivity index (χ0n) is 13.6.